The van der Waals surface area contributed by atoms with Crippen LogP contribution in [0.1, 0.15) is 11.1 Å². The molecular weight excluding hydrogens is 302 g/mol. The van der Waals surface area contributed by atoms with E-state index in [0.717, 1.165) is 10.4 Å². The molecule has 0 atom stereocenters. The molecule has 0 unspecified atom stereocenters. The molecule has 6 heteroatoms. The van der Waals surface area contributed by atoms with Gasteiger partial charge in [0.25, 0.3) is 5.56 Å². The first kappa shape index (κ1) is 13.9. The van der Waals surface area contributed by atoms with E-state index in [1.165, 1.54) is 23.1 Å². The molecule has 0 aliphatic heterocycles. The van der Waals surface area contributed by atoms with E-state index in [0.29, 0.717) is 21.9 Å². The van der Waals surface area contributed by atoms with Crippen molar-refractivity contribution in [1.82, 2.24) is 9.55 Å². The van der Waals surface area contributed by atoms with Crippen LogP contribution in [0.2, 0.25) is 0 Å². The van der Waals surface area contributed by atoms with Crippen molar-refractivity contribution in [2.24, 2.45) is 7.05 Å². The second kappa shape index (κ2) is 5.72. The summed E-state index contributed by atoms with van der Waals surface area (Å²) in [6.45, 7) is 0. The molecule has 0 aliphatic carbocycles. The number of thiophene rings is 1. The topological polar surface area (TPSA) is 58.7 Å². The molecule has 0 radical (unpaired) electrons. The van der Waals surface area contributed by atoms with Gasteiger partial charge < -0.3 is 0 Å². The highest BCUT2D eigenvalue weighted by molar-refractivity contribution is 7.98. The predicted octanol–water partition coefficient (Wildman–Crippen LogP) is 3.16. The molecule has 2 heterocycles. The number of benzene rings is 1. The van der Waals surface area contributed by atoms with Gasteiger partial charge in [-0.25, -0.2) is 4.98 Å². The van der Waals surface area contributed by atoms with E-state index in [1.54, 1.807) is 23.7 Å². The minimum Gasteiger partial charge on any atom is -0.290 e. The Bertz CT molecular complexity index is 905. The minimum atomic E-state index is -0.0303. The third-order valence-electron chi connectivity index (χ3n) is 3.16. The van der Waals surface area contributed by atoms with E-state index in [4.69, 9.17) is 5.26 Å². The number of nitriles is 1. The third-order valence-corrected chi connectivity index (χ3v) is 5.04. The lowest BCUT2D eigenvalue weighted by molar-refractivity contribution is 0.728. The van der Waals surface area contributed by atoms with E-state index < -0.39 is 0 Å². The zero-order valence-corrected chi connectivity index (χ0v) is 12.9. The molecule has 0 fully saturated rings. The van der Waals surface area contributed by atoms with Crippen LogP contribution in [0.15, 0.2) is 45.7 Å². The highest BCUT2D eigenvalue weighted by Crippen LogP contribution is 2.24. The van der Waals surface area contributed by atoms with Gasteiger partial charge >= 0.3 is 0 Å². The summed E-state index contributed by atoms with van der Waals surface area (Å²) in [5.41, 5.74) is 1.58. The number of hydrogen-bond donors (Lipinski definition) is 0. The lowest BCUT2D eigenvalue weighted by Crippen LogP contribution is -2.19. The van der Waals surface area contributed by atoms with Gasteiger partial charge in [0.15, 0.2) is 5.16 Å². The van der Waals surface area contributed by atoms with Gasteiger partial charge in [-0.2, -0.15) is 5.26 Å². The van der Waals surface area contributed by atoms with Crippen LogP contribution in [-0.4, -0.2) is 9.55 Å². The summed E-state index contributed by atoms with van der Waals surface area (Å²) < 4.78 is 1.56. The van der Waals surface area contributed by atoms with E-state index in [-0.39, 0.29) is 5.56 Å². The Kier molecular flexibility index (Phi) is 3.78. The number of hydrogen-bond acceptors (Lipinski definition) is 5. The van der Waals surface area contributed by atoms with Crippen molar-refractivity contribution < 1.29 is 0 Å². The summed E-state index contributed by atoms with van der Waals surface area (Å²) in [4.78, 5) is 17.5. The Balaban J connectivity index is 1.94. The molecule has 2 aromatic heterocycles. The van der Waals surface area contributed by atoms with Crippen LogP contribution in [0.25, 0.3) is 10.2 Å². The molecule has 3 aromatic rings. The fraction of sp³-hybridized carbons (Fsp3) is 0.133. The lowest BCUT2D eigenvalue weighted by Gasteiger charge is -2.07. The fourth-order valence-corrected chi connectivity index (χ4v) is 3.79. The molecule has 4 nitrogen and oxygen atoms in total. The Hall–Kier alpha value is -2.10. The number of rotatable bonds is 3. The zero-order chi connectivity index (χ0) is 14.8. The van der Waals surface area contributed by atoms with Gasteiger partial charge in [-0.3, -0.25) is 9.36 Å². The Morgan fingerprint density at radius 1 is 1.38 bits per heavy atom. The van der Waals surface area contributed by atoms with E-state index in [9.17, 15) is 4.79 Å². The van der Waals surface area contributed by atoms with Gasteiger partial charge in [0.2, 0.25) is 0 Å². The molecule has 0 saturated carbocycles. The van der Waals surface area contributed by atoms with Crippen molar-refractivity contribution in [3.8, 4) is 6.07 Å². The van der Waals surface area contributed by atoms with Crippen LogP contribution in [0.4, 0.5) is 0 Å². The summed E-state index contributed by atoms with van der Waals surface area (Å²) in [6.07, 6.45) is 0. The molecule has 104 valence electrons. The van der Waals surface area contributed by atoms with Gasteiger partial charge in [0.1, 0.15) is 4.83 Å². The van der Waals surface area contributed by atoms with E-state index in [1.807, 2.05) is 23.6 Å². The molecule has 1 aromatic carbocycles. The summed E-state index contributed by atoms with van der Waals surface area (Å²) >= 11 is 2.93. The first-order valence-corrected chi connectivity index (χ1v) is 8.12. The summed E-state index contributed by atoms with van der Waals surface area (Å²) in [6, 6.07) is 11.5. The van der Waals surface area contributed by atoms with Crippen molar-refractivity contribution in [3.05, 3.63) is 57.2 Å². The largest absolute Gasteiger partial charge is 0.290 e. The molecule has 0 aliphatic rings. The van der Waals surface area contributed by atoms with E-state index >= 15 is 0 Å². The maximum atomic E-state index is 12.2. The Labute approximate surface area is 129 Å². The zero-order valence-electron chi connectivity index (χ0n) is 11.2. The third kappa shape index (κ3) is 2.58. The van der Waals surface area contributed by atoms with E-state index in [2.05, 4.69) is 11.1 Å². The van der Waals surface area contributed by atoms with Gasteiger partial charge in [-0.05, 0) is 23.1 Å². The predicted molar refractivity (Wildman–Crippen MR) is 85.6 cm³/mol. The second-order valence-corrected chi connectivity index (χ2v) is 6.29. The molecule has 0 spiro atoms. The van der Waals surface area contributed by atoms with Gasteiger partial charge in [-0.15, -0.1) is 11.3 Å². The van der Waals surface area contributed by atoms with Gasteiger partial charge in [0.05, 0.1) is 17.0 Å². The van der Waals surface area contributed by atoms with Crippen LogP contribution in [0, 0.1) is 11.3 Å². The highest BCUT2D eigenvalue weighted by atomic mass is 32.2. The molecule has 0 N–H and O–H groups in total. The maximum absolute atomic E-state index is 12.2. The van der Waals surface area contributed by atoms with Crippen molar-refractivity contribution in [3.63, 3.8) is 0 Å². The summed E-state index contributed by atoms with van der Waals surface area (Å²) in [5, 5.41) is 12.3. The van der Waals surface area contributed by atoms with Gasteiger partial charge in [-0.1, -0.05) is 30.0 Å². The molecule has 0 saturated heterocycles. The molecule has 21 heavy (non-hydrogen) atoms. The normalized spacial score (nSPS) is 10.7. The van der Waals surface area contributed by atoms with Crippen molar-refractivity contribution in [2.45, 2.75) is 10.9 Å². The van der Waals surface area contributed by atoms with Crippen LogP contribution in [-0.2, 0) is 12.8 Å². The SMILES string of the molecule is Cn1c(SCc2ccccc2C#N)nc2sccc2c1=O. The molecule has 0 amide bonds. The average Bonchev–Trinajstić information content (AvgIpc) is 2.98. The average molecular weight is 313 g/mol. The number of thioether (sulfide) groups is 1. The fourth-order valence-electron chi connectivity index (χ4n) is 2.01. The second-order valence-electron chi connectivity index (χ2n) is 4.46. The van der Waals surface area contributed by atoms with Crippen molar-refractivity contribution in [1.29, 1.82) is 5.26 Å². The number of fused-ring (bicyclic) bond motifs is 1. The first-order valence-electron chi connectivity index (χ1n) is 6.25. The number of aromatic nitrogens is 2. The minimum absolute atomic E-state index is 0.0303. The molecule has 3 rings (SSSR count). The highest BCUT2D eigenvalue weighted by Gasteiger charge is 2.10. The maximum Gasteiger partial charge on any atom is 0.262 e. The number of nitrogens with zero attached hydrogens (tertiary/aromatic N) is 3. The van der Waals surface area contributed by atoms with Crippen LogP contribution >= 0.6 is 23.1 Å². The van der Waals surface area contributed by atoms with Gasteiger partial charge in [0, 0.05) is 12.8 Å². The van der Waals surface area contributed by atoms with Crippen LogP contribution in [0.3, 0.4) is 0 Å². The lowest BCUT2D eigenvalue weighted by atomic mass is 10.1. The monoisotopic (exact) mass is 313 g/mol. The van der Waals surface area contributed by atoms with Crippen LogP contribution < -0.4 is 5.56 Å². The van der Waals surface area contributed by atoms with Crippen molar-refractivity contribution >= 4 is 33.3 Å². The standard InChI is InChI=1S/C15H11N3OS2/c1-18-14(19)12-6-7-20-13(12)17-15(18)21-9-11-5-3-2-4-10(11)8-16/h2-7H,9H2,1H3. The summed E-state index contributed by atoms with van der Waals surface area (Å²) in [5.74, 6) is 0.612. The molecular formula is C15H11N3OS2. The first-order chi connectivity index (χ1) is 10.2. The smallest absolute Gasteiger partial charge is 0.262 e. The Morgan fingerprint density at radius 2 is 2.19 bits per heavy atom. The molecule has 0 bridgehead atoms. The summed E-state index contributed by atoms with van der Waals surface area (Å²) in [7, 11) is 1.73. The van der Waals surface area contributed by atoms with Crippen LogP contribution in [0.5, 0.6) is 0 Å². The quantitative estimate of drug-likeness (QED) is 0.550. The van der Waals surface area contributed by atoms with Crippen molar-refractivity contribution in [2.75, 3.05) is 0 Å². The Morgan fingerprint density at radius 3 is 3.00 bits per heavy atom.